The maximum absolute atomic E-state index is 14.7. The molecule has 1 saturated carbocycles. The first-order valence-corrected chi connectivity index (χ1v) is 30.5. The van der Waals surface area contributed by atoms with Gasteiger partial charge in [0.25, 0.3) is 21.6 Å². The van der Waals surface area contributed by atoms with Crippen LogP contribution in [0, 0.1) is 21.4 Å². The molecule has 5 aromatic rings. The van der Waals surface area contributed by atoms with E-state index in [2.05, 4.69) is 50.9 Å². The number of nitrogens with one attached hydrogen (secondary N) is 2. The van der Waals surface area contributed by atoms with Gasteiger partial charge in [0.1, 0.15) is 34.0 Å². The van der Waals surface area contributed by atoms with E-state index in [9.17, 15) is 37.7 Å². The van der Waals surface area contributed by atoms with Crippen LogP contribution in [0.4, 0.5) is 37.3 Å². The van der Waals surface area contributed by atoms with Crippen LogP contribution in [0.2, 0.25) is 5.02 Å². The molecular weight excluding hydrogens is 1130 g/mol. The number of carbonyl (C=O) groups is 4. The Morgan fingerprint density at radius 3 is 2.05 bits per heavy atom. The van der Waals surface area contributed by atoms with Crippen molar-refractivity contribution >= 4 is 85.2 Å². The van der Waals surface area contributed by atoms with E-state index in [0.717, 1.165) is 67.8 Å². The Balaban J connectivity index is 1.18. The van der Waals surface area contributed by atoms with E-state index >= 15 is 0 Å². The number of hydrogen-bond donors (Lipinski definition) is 2. The van der Waals surface area contributed by atoms with Crippen molar-refractivity contribution in [2.24, 2.45) is 11.3 Å². The van der Waals surface area contributed by atoms with Gasteiger partial charge in [-0.25, -0.2) is 27.5 Å². The lowest BCUT2D eigenvalue weighted by Gasteiger charge is -2.39. The number of imide groups is 1. The molecule has 0 spiro atoms. The van der Waals surface area contributed by atoms with Crippen LogP contribution in [0.1, 0.15) is 137 Å². The van der Waals surface area contributed by atoms with E-state index in [1.54, 1.807) is 81.6 Å². The van der Waals surface area contributed by atoms with Crippen molar-refractivity contribution in [3.63, 3.8) is 0 Å². The molecule has 4 aromatic carbocycles. The average molecular weight is 1210 g/mol. The summed E-state index contributed by atoms with van der Waals surface area (Å²) in [6.07, 6.45) is 3.13. The van der Waals surface area contributed by atoms with Crippen molar-refractivity contribution in [3.8, 4) is 11.5 Å². The number of carbonyl (C=O) groups excluding carboxylic acids is 4. The number of halogens is 1. The number of methoxy groups -OCH3 is 1. The van der Waals surface area contributed by atoms with Crippen molar-refractivity contribution < 1.29 is 56.2 Å². The summed E-state index contributed by atoms with van der Waals surface area (Å²) < 4.78 is 60.9. The van der Waals surface area contributed by atoms with Gasteiger partial charge in [-0.1, -0.05) is 49.2 Å². The van der Waals surface area contributed by atoms with Crippen molar-refractivity contribution in [3.05, 3.63) is 111 Å². The fourth-order valence-electron chi connectivity index (χ4n) is 10.7. The van der Waals surface area contributed by atoms with Crippen LogP contribution >= 0.6 is 11.6 Å². The molecule has 3 amide bonds. The summed E-state index contributed by atoms with van der Waals surface area (Å²) in [6.45, 7) is 22.8. The van der Waals surface area contributed by atoms with Gasteiger partial charge in [0.05, 0.1) is 32.4 Å². The molecule has 0 radical (unpaired) electrons. The summed E-state index contributed by atoms with van der Waals surface area (Å²) in [4.78, 5) is 73.6. The van der Waals surface area contributed by atoms with Gasteiger partial charge in [-0.15, -0.1) is 5.10 Å². The molecule has 1 saturated heterocycles. The standard InChI is InChI=1S/C62H79ClN8O13S/c1-59(2,3)82-56(73)69(57(74)83-60(4,5)6)54-53-49(70(65-54)58(75)84-61(7,8)9)14-13-15-51(53)81-52-34-43(68-32-30-67(31-33-68)38-41-28-29-62(10,11)36-47(41)40-18-20-42(63)21-19-40)22-26-46(52)55(72)66-85(78,79)45-25-27-48(50(35-45)71(76)77)64-37-39-16-23-44(80-12)24-17-39/h13-15,18-22,25-27,34-35,39,44,64H,16-17,23-24,28-33,36-38H2,1-12H3,(H,66,72). The Hall–Kier alpha value is -7.27. The van der Waals surface area contributed by atoms with Crippen LogP contribution in [-0.4, -0.2) is 121 Å². The topological polar surface area (TPSA) is 243 Å². The lowest BCUT2D eigenvalue weighted by molar-refractivity contribution is -0.384. The number of sulfonamides is 1. The molecule has 0 atom stereocenters. The number of amides is 3. The number of fused-ring (bicyclic) bond motifs is 1. The zero-order chi connectivity index (χ0) is 62.0. The molecule has 2 fully saturated rings. The van der Waals surface area contributed by atoms with Crippen molar-refractivity contribution in [2.75, 3.05) is 61.5 Å². The molecule has 458 valence electrons. The van der Waals surface area contributed by atoms with E-state index in [0.29, 0.717) is 48.3 Å². The van der Waals surface area contributed by atoms with Gasteiger partial charge in [0.2, 0.25) is 0 Å². The van der Waals surface area contributed by atoms with Gasteiger partial charge < -0.3 is 33.9 Å². The molecule has 23 heteroatoms. The number of allylic oxidation sites excluding steroid dienone is 1. The number of nitro benzene ring substituents is 1. The quantitative estimate of drug-likeness (QED) is 0.0562. The summed E-state index contributed by atoms with van der Waals surface area (Å²) in [7, 11) is -3.14. The molecule has 1 aliphatic heterocycles. The molecule has 3 aliphatic rings. The van der Waals surface area contributed by atoms with E-state index in [-0.39, 0.29) is 51.1 Å². The Bertz CT molecular complexity index is 3450. The average Bonchev–Trinajstić information content (AvgIpc) is 1.71. The fourth-order valence-corrected chi connectivity index (χ4v) is 11.8. The first-order chi connectivity index (χ1) is 39.8. The number of anilines is 3. The molecule has 2 N–H and O–H groups in total. The van der Waals surface area contributed by atoms with Crippen LogP contribution in [0.25, 0.3) is 16.5 Å². The van der Waals surface area contributed by atoms with Crippen molar-refractivity contribution in [1.29, 1.82) is 0 Å². The lowest BCUT2D eigenvalue weighted by atomic mass is 9.72. The number of hydrogen-bond acceptors (Lipinski definition) is 17. The van der Waals surface area contributed by atoms with Gasteiger partial charge in [0, 0.05) is 69.2 Å². The molecular formula is C62H79ClN8O13S. The lowest BCUT2D eigenvalue weighted by Crippen LogP contribution is -2.47. The highest BCUT2D eigenvalue weighted by atomic mass is 35.5. The number of piperazine rings is 1. The van der Waals surface area contributed by atoms with Crippen molar-refractivity contribution in [1.82, 2.24) is 19.4 Å². The predicted octanol–water partition coefficient (Wildman–Crippen LogP) is 13.4. The van der Waals surface area contributed by atoms with E-state index in [1.165, 1.54) is 47.5 Å². The third kappa shape index (κ3) is 16.2. The first kappa shape index (κ1) is 63.7. The predicted molar refractivity (Wildman–Crippen MR) is 326 cm³/mol. The molecule has 2 aliphatic carbocycles. The van der Waals surface area contributed by atoms with E-state index < -0.39 is 72.3 Å². The number of aromatic nitrogens is 2. The molecule has 85 heavy (non-hydrogen) atoms. The van der Waals surface area contributed by atoms with Crippen LogP contribution < -0.4 is 24.6 Å². The summed E-state index contributed by atoms with van der Waals surface area (Å²) in [5.74, 6) is -1.74. The Kier molecular flexibility index (Phi) is 19.0. The van der Waals surface area contributed by atoms with Crippen molar-refractivity contribution in [2.45, 2.75) is 149 Å². The van der Waals surface area contributed by atoms with Gasteiger partial charge in [-0.05, 0) is 178 Å². The molecule has 0 unspecified atom stereocenters. The highest BCUT2D eigenvalue weighted by Crippen LogP contribution is 2.45. The minimum Gasteiger partial charge on any atom is -0.456 e. The fraction of sp³-hybridized carbons (Fsp3) is 0.500. The van der Waals surface area contributed by atoms with Crippen LogP contribution in [-0.2, 0) is 29.0 Å². The van der Waals surface area contributed by atoms with E-state index in [4.69, 9.17) is 35.3 Å². The zero-order valence-electron chi connectivity index (χ0n) is 50.6. The van der Waals surface area contributed by atoms with Crippen LogP contribution in [0.5, 0.6) is 11.5 Å². The zero-order valence-corrected chi connectivity index (χ0v) is 52.2. The molecule has 21 nitrogen and oxygen atoms in total. The summed E-state index contributed by atoms with van der Waals surface area (Å²) in [5.41, 5.74) is 0.610. The van der Waals surface area contributed by atoms with E-state index in [1.807, 2.05) is 12.1 Å². The minimum absolute atomic E-state index is 0.00593. The highest BCUT2D eigenvalue weighted by Gasteiger charge is 2.39. The first-order valence-electron chi connectivity index (χ1n) is 28.7. The Labute approximate surface area is 502 Å². The van der Waals surface area contributed by atoms with Gasteiger partial charge >= 0.3 is 18.3 Å². The van der Waals surface area contributed by atoms with Crippen LogP contribution in [0.3, 0.4) is 0 Å². The maximum Gasteiger partial charge on any atom is 0.435 e. The molecule has 2 heterocycles. The van der Waals surface area contributed by atoms with Gasteiger partial charge in [-0.2, -0.15) is 9.58 Å². The molecule has 1 aromatic heterocycles. The van der Waals surface area contributed by atoms with Crippen LogP contribution in [0.15, 0.2) is 89.3 Å². The second-order valence-corrected chi connectivity index (χ2v) is 27.9. The minimum atomic E-state index is -4.82. The Morgan fingerprint density at radius 1 is 0.812 bits per heavy atom. The normalized spacial score (nSPS) is 17.9. The number of nitro groups is 1. The number of rotatable bonds is 15. The summed E-state index contributed by atoms with van der Waals surface area (Å²) >= 11 is 6.30. The largest absolute Gasteiger partial charge is 0.456 e. The summed E-state index contributed by atoms with van der Waals surface area (Å²) in [5, 5.41) is 20.7. The van der Waals surface area contributed by atoms with Gasteiger partial charge in [0.15, 0.2) is 5.82 Å². The highest BCUT2D eigenvalue weighted by molar-refractivity contribution is 7.90. The molecule has 8 rings (SSSR count). The number of ether oxygens (including phenoxy) is 5. The monoisotopic (exact) mass is 1210 g/mol. The second-order valence-electron chi connectivity index (χ2n) is 25.8. The number of benzene rings is 4. The SMILES string of the molecule is COC1CCC(CNc2ccc(S(=O)(=O)NC(=O)c3ccc(N4CCN(CC5=C(c6ccc(Cl)cc6)CC(C)(C)CC5)CC4)cc3Oc3cccc4c3c(N(C(=O)OC(C)(C)C)C(=O)OC(C)(C)C)nn4C(=O)OC(C)(C)C)cc2[N+](=O)[O-])CC1. The Morgan fingerprint density at radius 2 is 1.45 bits per heavy atom. The third-order valence-corrected chi connectivity index (χ3v) is 16.5. The third-order valence-electron chi connectivity index (χ3n) is 15.0. The second kappa shape index (κ2) is 25.4. The van der Waals surface area contributed by atoms with Gasteiger partial charge in [-0.3, -0.25) is 19.8 Å². The summed E-state index contributed by atoms with van der Waals surface area (Å²) in [6, 6.07) is 20.5. The smallest absolute Gasteiger partial charge is 0.435 e. The number of nitrogens with zero attached hydrogens (tertiary/aromatic N) is 6. The maximum atomic E-state index is 14.7. The molecule has 0 bridgehead atoms.